The van der Waals surface area contributed by atoms with Crippen LogP contribution in [0.1, 0.15) is 37.6 Å². The smallest absolute Gasteiger partial charge is 0.410 e. The number of ether oxygens (including phenoxy) is 1. The number of pyridine rings is 1. The van der Waals surface area contributed by atoms with Gasteiger partial charge in [-0.3, -0.25) is 14.6 Å². The van der Waals surface area contributed by atoms with Crippen molar-refractivity contribution in [2.75, 3.05) is 0 Å². The van der Waals surface area contributed by atoms with Crippen LogP contribution in [0.25, 0.3) is 22.8 Å². The number of rotatable bonds is 4. The molecule has 4 heterocycles. The quantitative estimate of drug-likeness (QED) is 0.444. The highest BCUT2D eigenvalue weighted by Crippen LogP contribution is 2.32. The van der Waals surface area contributed by atoms with Gasteiger partial charge in [-0.1, -0.05) is 36.4 Å². The minimum Gasteiger partial charge on any atom is -0.444 e. The molecular weight excluding hydrogens is 428 g/mol. The average Bonchev–Trinajstić information content (AvgIpc) is 3.46. The third-order valence-electron chi connectivity index (χ3n) is 5.42. The average molecular weight is 455 g/mol. The normalized spacial score (nSPS) is 13.1. The molecule has 172 valence electrons. The fourth-order valence-electron chi connectivity index (χ4n) is 3.89. The summed E-state index contributed by atoms with van der Waals surface area (Å²) in [5.74, 6) is 0.613. The number of amides is 1. The molecule has 4 aromatic rings. The molecule has 8 nitrogen and oxygen atoms in total. The molecule has 1 aliphatic heterocycles. The maximum absolute atomic E-state index is 12.8. The lowest BCUT2D eigenvalue weighted by Gasteiger charge is -2.24. The first-order chi connectivity index (χ1) is 16.4. The van der Waals surface area contributed by atoms with E-state index >= 15 is 0 Å². The second-order valence-electron chi connectivity index (χ2n) is 9.28. The highest BCUT2D eigenvalue weighted by atomic mass is 16.6. The van der Waals surface area contributed by atoms with Gasteiger partial charge in [0.1, 0.15) is 11.3 Å². The van der Waals surface area contributed by atoms with Gasteiger partial charge in [0.15, 0.2) is 5.82 Å². The molecule has 34 heavy (non-hydrogen) atoms. The van der Waals surface area contributed by atoms with E-state index in [2.05, 4.69) is 4.98 Å². The Labute approximate surface area is 198 Å². The van der Waals surface area contributed by atoms with Gasteiger partial charge < -0.3 is 4.74 Å². The Morgan fingerprint density at radius 1 is 1.03 bits per heavy atom. The summed E-state index contributed by atoms with van der Waals surface area (Å²) in [5.41, 5.74) is 4.60. The number of carbonyl (C=O) groups excluding carboxylic acids is 1. The zero-order valence-electron chi connectivity index (χ0n) is 19.5. The van der Waals surface area contributed by atoms with Gasteiger partial charge in [-0.05, 0) is 38.5 Å². The molecule has 0 saturated heterocycles. The molecule has 1 amide bonds. The predicted octanol–water partition coefficient (Wildman–Crippen LogP) is 4.70. The highest BCUT2D eigenvalue weighted by Gasteiger charge is 2.32. The van der Waals surface area contributed by atoms with E-state index in [1.54, 1.807) is 11.1 Å². The molecule has 1 aromatic carbocycles. The molecule has 0 bridgehead atoms. The zero-order chi connectivity index (χ0) is 23.7. The van der Waals surface area contributed by atoms with Crippen LogP contribution in [0.4, 0.5) is 4.79 Å². The second kappa shape index (κ2) is 8.70. The van der Waals surface area contributed by atoms with E-state index in [4.69, 9.17) is 19.8 Å². The van der Waals surface area contributed by atoms with Crippen molar-refractivity contribution in [2.24, 2.45) is 0 Å². The van der Waals surface area contributed by atoms with Gasteiger partial charge in [0.2, 0.25) is 0 Å². The number of hydrogen-bond acceptors (Lipinski definition) is 6. The summed E-state index contributed by atoms with van der Waals surface area (Å²) in [7, 11) is 0. The largest absolute Gasteiger partial charge is 0.444 e. The monoisotopic (exact) mass is 454 g/mol. The highest BCUT2D eigenvalue weighted by molar-refractivity contribution is 5.72. The van der Waals surface area contributed by atoms with Crippen molar-refractivity contribution >= 4 is 6.09 Å². The van der Waals surface area contributed by atoms with Crippen LogP contribution >= 0.6 is 0 Å². The third kappa shape index (κ3) is 4.66. The number of carbonyl (C=O) groups is 1. The summed E-state index contributed by atoms with van der Waals surface area (Å²) in [6, 6.07) is 15.7. The summed E-state index contributed by atoms with van der Waals surface area (Å²) < 4.78 is 7.46. The lowest BCUT2D eigenvalue weighted by Crippen LogP contribution is -2.33. The van der Waals surface area contributed by atoms with Crippen LogP contribution in [0.15, 0.2) is 67.1 Å². The fraction of sp³-hybridized carbons (Fsp3) is 0.269. The maximum Gasteiger partial charge on any atom is 0.410 e. The Morgan fingerprint density at radius 3 is 2.59 bits per heavy atom. The summed E-state index contributed by atoms with van der Waals surface area (Å²) in [5, 5.41) is 4.78. The van der Waals surface area contributed by atoms with Gasteiger partial charge in [-0.15, -0.1) is 0 Å². The van der Waals surface area contributed by atoms with Crippen LogP contribution in [0.2, 0.25) is 0 Å². The zero-order valence-corrected chi connectivity index (χ0v) is 19.5. The predicted molar refractivity (Wildman–Crippen MR) is 128 cm³/mol. The van der Waals surface area contributed by atoms with E-state index in [-0.39, 0.29) is 6.09 Å². The lowest BCUT2D eigenvalue weighted by atomic mass is 10.1. The fourth-order valence-corrected chi connectivity index (χ4v) is 3.89. The van der Waals surface area contributed by atoms with Crippen LogP contribution < -0.4 is 0 Å². The van der Waals surface area contributed by atoms with Crippen molar-refractivity contribution in [1.82, 2.24) is 29.6 Å². The molecule has 0 saturated carbocycles. The molecule has 0 spiro atoms. The van der Waals surface area contributed by atoms with E-state index < -0.39 is 5.60 Å². The van der Waals surface area contributed by atoms with Crippen LogP contribution in [0.5, 0.6) is 0 Å². The Hall–Kier alpha value is -4.07. The summed E-state index contributed by atoms with van der Waals surface area (Å²) in [4.78, 5) is 28.3. The van der Waals surface area contributed by atoms with E-state index in [1.807, 2.05) is 86.4 Å². The minimum atomic E-state index is -0.569. The summed E-state index contributed by atoms with van der Waals surface area (Å²) in [6.07, 6.45) is 5.15. The molecule has 0 atom stereocenters. The van der Waals surface area contributed by atoms with Gasteiger partial charge in [-0.2, -0.15) is 5.10 Å². The van der Waals surface area contributed by atoms with Gasteiger partial charge in [0.25, 0.3) is 0 Å². The van der Waals surface area contributed by atoms with Crippen LogP contribution in [-0.4, -0.2) is 41.3 Å². The van der Waals surface area contributed by atoms with Gasteiger partial charge in [0, 0.05) is 29.7 Å². The Morgan fingerprint density at radius 2 is 1.85 bits per heavy atom. The Kier molecular flexibility index (Phi) is 5.57. The van der Waals surface area contributed by atoms with Crippen molar-refractivity contribution in [3.8, 4) is 22.8 Å². The molecule has 1 aliphatic rings. The van der Waals surface area contributed by atoms with E-state index in [0.717, 1.165) is 33.8 Å². The molecule has 0 fully saturated rings. The van der Waals surface area contributed by atoms with Crippen molar-refractivity contribution in [3.05, 3.63) is 83.9 Å². The van der Waals surface area contributed by atoms with Gasteiger partial charge in [-0.25, -0.2) is 14.8 Å². The molecule has 3 aromatic heterocycles. The van der Waals surface area contributed by atoms with Crippen molar-refractivity contribution < 1.29 is 9.53 Å². The molecular formula is C26H26N6O2. The van der Waals surface area contributed by atoms with E-state index in [0.29, 0.717) is 25.5 Å². The van der Waals surface area contributed by atoms with Crippen molar-refractivity contribution in [2.45, 2.75) is 46.0 Å². The summed E-state index contributed by atoms with van der Waals surface area (Å²) in [6.45, 7) is 6.95. The first-order valence-electron chi connectivity index (χ1n) is 11.2. The first kappa shape index (κ1) is 21.8. The first-order valence-corrected chi connectivity index (χ1v) is 11.2. The van der Waals surface area contributed by atoms with Crippen molar-refractivity contribution in [1.29, 1.82) is 0 Å². The van der Waals surface area contributed by atoms with E-state index in [1.165, 1.54) is 0 Å². The van der Waals surface area contributed by atoms with Gasteiger partial charge in [0.05, 0.1) is 31.0 Å². The second-order valence-corrected chi connectivity index (χ2v) is 9.28. The lowest BCUT2D eigenvalue weighted by molar-refractivity contribution is 0.0241. The summed E-state index contributed by atoms with van der Waals surface area (Å²) >= 11 is 0. The van der Waals surface area contributed by atoms with Crippen LogP contribution in [0, 0.1) is 0 Å². The van der Waals surface area contributed by atoms with Crippen molar-refractivity contribution in [3.63, 3.8) is 0 Å². The number of aromatic nitrogens is 5. The molecule has 0 N–H and O–H groups in total. The third-order valence-corrected chi connectivity index (χ3v) is 5.42. The molecule has 8 heteroatoms. The Balaban J connectivity index is 1.51. The topological polar surface area (TPSA) is 86.0 Å². The number of hydrogen-bond donors (Lipinski definition) is 0. The van der Waals surface area contributed by atoms with Crippen LogP contribution in [0.3, 0.4) is 0 Å². The SMILES string of the molecule is CC(C)(C)OC(=O)N1Cc2nc(-c3ccccc3)nc(-c3ccn(Cc4cccnc4)n3)c2C1. The number of fused-ring (bicyclic) bond motifs is 1. The maximum atomic E-state index is 12.8. The molecule has 5 rings (SSSR count). The number of benzene rings is 1. The Bertz CT molecular complexity index is 1310. The van der Waals surface area contributed by atoms with Crippen LogP contribution in [-0.2, 0) is 24.4 Å². The standard InChI is InChI=1S/C26H26N6O2/c1-26(2,3)34-25(33)31-16-20-22(17-31)28-24(19-9-5-4-6-10-19)29-23(20)21-11-13-32(30-21)15-18-8-7-12-27-14-18/h4-14H,15-17H2,1-3H3. The molecule has 0 radical (unpaired) electrons. The molecule has 0 unspecified atom stereocenters. The van der Waals surface area contributed by atoms with E-state index in [9.17, 15) is 4.79 Å². The minimum absolute atomic E-state index is 0.361. The van der Waals surface area contributed by atoms with Gasteiger partial charge >= 0.3 is 6.09 Å². The molecule has 0 aliphatic carbocycles. The number of nitrogens with zero attached hydrogens (tertiary/aromatic N) is 6.